The maximum absolute atomic E-state index is 12.3. The van der Waals surface area contributed by atoms with Crippen molar-refractivity contribution in [1.82, 2.24) is 19.4 Å². The van der Waals surface area contributed by atoms with Gasteiger partial charge in [0.05, 0.1) is 12.5 Å². The molecule has 6 nitrogen and oxygen atoms in total. The average molecular weight is 265 g/mol. The average Bonchev–Trinajstić information content (AvgIpc) is 2.85. The molecule has 2 N–H and O–H groups in total. The number of imidazole rings is 1. The molecule has 1 aromatic rings. The predicted molar refractivity (Wildman–Crippen MR) is 73.8 cm³/mol. The monoisotopic (exact) mass is 265 g/mol. The number of aromatic nitrogens is 2. The van der Waals surface area contributed by atoms with Crippen LogP contribution in [-0.2, 0) is 7.05 Å². The molecule has 2 rings (SSSR count). The first kappa shape index (κ1) is 14.0. The summed E-state index contributed by atoms with van der Waals surface area (Å²) in [4.78, 5) is 20.6. The quantitative estimate of drug-likeness (QED) is 0.817. The van der Waals surface area contributed by atoms with Crippen LogP contribution >= 0.6 is 0 Å². The van der Waals surface area contributed by atoms with Crippen LogP contribution in [0.1, 0.15) is 17.4 Å². The van der Waals surface area contributed by atoms with E-state index in [0.29, 0.717) is 18.2 Å². The van der Waals surface area contributed by atoms with Gasteiger partial charge in [0.1, 0.15) is 5.69 Å². The van der Waals surface area contributed by atoms with Crippen molar-refractivity contribution in [2.24, 2.45) is 18.7 Å². The van der Waals surface area contributed by atoms with Crippen LogP contribution in [0, 0.1) is 5.92 Å². The molecule has 2 heterocycles. The molecule has 19 heavy (non-hydrogen) atoms. The molecule has 0 saturated carbocycles. The fourth-order valence-corrected chi connectivity index (χ4v) is 2.37. The summed E-state index contributed by atoms with van der Waals surface area (Å²) in [6.07, 6.45) is 3.29. The third kappa shape index (κ3) is 3.33. The van der Waals surface area contributed by atoms with E-state index < -0.39 is 0 Å². The number of carbonyl (C=O) groups is 1. The van der Waals surface area contributed by atoms with E-state index >= 15 is 0 Å². The summed E-state index contributed by atoms with van der Waals surface area (Å²) >= 11 is 0. The van der Waals surface area contributed by atoms with Crippen molar-refractivity contribution < 1.29 is 4.79 Å². The molecule has 6 heteroatoms. The van der Waals surface area contributed by atoms with Crippen molar-refractivity contribution in [1.29, 1.82) is 0 Å². The molecule has 0 radical (unpaired) electrons. The van der Waals surface area contributed by atoms with Gasteiger partial charge in [-0.2, -0.15) is 0 Å². The maximum Gasteiger partial charge on any atom is 0.272 e. The van der Waals surface area contributed by atoms with Crippen LogP contribution in [0.15, 0.2) is 12.5 Å². The van der Waals surface area contributed by atoms with E-state index in [0.717, 1.165) is 32.7 Å². The normalized spacial score (nSPS) is 18.6. The Balaban J connectivity index is 1.86. The van der Waals surface area contributed by atoms with Gasteiger partial charge in [0.2, 0.25) is 0 Å². The Kier molecular flexibility index (Phi) is 4.55. The van der Waals surface area contributed by atoms with E-state index in [-0.39, 0.29) is 5.91 Å². The molecule has 1 saturated heterocycles. The summed E-state index contributed by atoms with van der Waals surface area (Å²) in [6.45, 7) is 7.30. The Labute approximate surface area is 114 Å². The number of nitrogens with zero attached hydrogens (tertiary/aromatic N) is 4. The van der Waals surface area contributed by atoms with Gasteiger partial charge in [-0.15, -0.1) is 0 Å². The molecule has 1 atom stereocenters. The molecule has 1 aromatic heterocycles. The number of carbonyl (C=O) groups excluding carboxylic acids is 1. The molecule has 0 aromatic carbocycles. The van der Waals surface area contributed by atoms with E-state index in [1.165, 1.54) is 0 Å². The summed E-state index contributed by atoms with van der Waals surface area (Å²) in [5.41, 5.74) is 6.30. The second kappa shape index (κ2) is 6.16. The SMILES string of the molecule is CC(CN)CN1CCN(C(=O)c2cncn2C)CC1. The molecule has 1 aliphatic heterocycles. The molecule has 1 amide bonds. The highest BCUT2D eigenvalue weighted by Gasteiger charge is 2.24. The summed E-state index contributed by atoms with van der Waals surface area (Å²) < 4.78 is 1.77. The Morgan fingerprint density at radius 2 is 2.11 bits per heavy atom. The second-order valence-corrected chi connectivity index (χ2v) is 5.32. The molecule has 0 aliphatic carbocycles. The summed E-state index contributed by atoms with van der Waals surface area (Å²) in [7, 11) is 1.85. The standard InChI is InChI=1S/C13H23N5O/c1-11(7-14)9-17-3-5-18(6-4-17)13(19)12-8-15-10-16(12)2/h8,10-11H,3-7,9,14H2,1-2H3. The minimum absolute atomic E-state index is 0.0755. The lowest BCUT2D eigenvalue weighted by atomic mass is 10.1. The van der Waals surface area contributed by atoms with Crippen molar-refractivity contribution >= 4 is 5.91 Å². The van der Waals surface area contributed by atoms with Crippen LogP contribution in [0.2, 0.25) is 0 Å². The first-order valence-electron chi connectivity index (χ1n) is 6.80. The lowest BCUT2D eigenvalue weighted by molar-refractivity contribution is 0.0612. The van der Waals surface area contributed by atoms with Gasteiger partial charge in [0, 0.05) is 39.8 Å². The largest absolute Gasteiger partial charge is 0.335 e. The summed E-state index contributed by atoms with van der Waals surface area (Å²) in [5.74, 6) is 0.589. The minimum Gasteiger partial charge on any atom is -0.335 e. The van der Waals surface area contributed by atoms with Crippen LogP contribution in [-0.4, -0.2) is 64.5 Å². The van der Waals surface area contributed by atoms with E-state index in [9.17, 15) is 4.79 Å². The third-order valence-corrected chi connectivity index (χ3v) is 3.67. The van der Waals surface area contributed by atoms with Gasteiger partial charge in [0.15, 0.2) is 0 Å². The van der Waals surface area contributed by atoms with E-state index in [4.69, 9.17) is 5.73 Å². The molecule has 1 aliphatic rings. The number of rotatable bonds is 4. The minimum atomic E-state index is 0.0755. The van der Waals surface area contributed by atoms with Gasteiger partial charge in [-0.05, 0) is 12.5 Å². The lowest BCUT2D eigenvalue weighted by Gasteiger charge is -2.35. The van der Waals surface area contributed by atoms with Crippen LogP contribution in [0.25, 0.3) is 0 Å². The van der Waals surface area contributed by atoms with Gasteiger partial charge >= 0.3 is 0 Å². The van der Waals surface area contributed by atoms with Crippen molar-refractivity contribution in [2.75, 3.05) is 39.3 Å². The third-order valence-electron chi connectivity index (χ3n) is 3.67. The molecule has 106 valence electrons. The zero-order chi connectivity index (χ0) is 13.8. The van der Waals surface area contributed by atoms with E-state index in [2.05, 4.69) is 16.8 Å². The van der Waals surface area contributed by atoms with E-state index in [1.807, 2.05) is 11.9 Å². The predicted octanol–water partition coefficient (Wildman–Crippen LogP) is -0.227. The fraction of sp³-hybridized carbons (Fsp3) is 0.692. The molecular formula is C13H23N5O. The number of hydrogen-bond donors (Lipinski definition) is 1. The van der Waals surface area contributed by atoms with Crippen LogP contribution in [0.5, 0.6) is 0 Å². The Morgan fingerprint density at radius 1 is 1.42 bits per heavy atom. The summed E-state index contributed by atoms with van der Waals surface area (Å²) in [6, 6.07) is 0. The van der Waals surface area contributed by atoms with Gasteiger partial charge in [0.25, 0.3) is 5.91 Å². The van der Waals surface area contributed by atoms with Crippen LogP contribution < -0.4 is 5.73 Å². The smallest absolute Gasteiger partial charge is 0.272 e. The Morgan fingerprint density at radius 3 is 2.63 bits per heavy atom. The number of piperazine rings is 1. The van der Waals surface area contributed by atoms with Crippen LogP contribution in [0.4, 0.5) is 0 Å². The highest BCUT2D eigenvalue weighted by atomic mass is 16.2. The number of nitrogens with two attached hydrogens (primary N) is 1. The van der Waals surface area contributed by atoms with Gasteiger partial charge in [-0.1, -0.05) is 6.92 Å². The molecule has 0 spiro atoms. The first-order valence-corrected chi connectivity index (χ1v) is 6.80. The van der Waals surface area contributed by atoms with Crippen molar-refractivity contribution in [2.45, 2.75) is 6.92 Å². The number of aryl methyl sites for hydroxylation is 1. The van der Waals surface area contributed by atoms with Gasteiger partial charge < -0.3 is 15.2 Å². The molecular weight excluding hydrogens is 242 g/mol. The van der Waals surface area contributed by atoms with Crippen LogP contribution in [0.3, 0.4) is 0 Å². The highest BCUT2D eigenvalue weighted by molar-refractivity contribution is 5.92. The maximum atomic E-state index is 12.3. The summed E-state index contributed by atoms with van der Waals surface area (Å²) in [5, 5.41) is 0. The second-order valence-electron chi connectivity index (χ2n) is 5.32. The molecule has 1 fully saturated rings. The zero-order valence-electron chi connectivity index (χ0n) is 11.7. The van der Waals surface area contributed by atoms with E-state index in [1.54, 1.807) is 17.1 Å². The first-order chi connectivity index (χ1) is 9.11. The lowest BCUT2D eigenvalue weighted by Crippen LogP contribution is -2.50. The van der Waals surface area contributed by atoms with Gasteiger partial charge in [-0.3, -0.25) is 9.69 Å². The Hall–Kier alpha value is -1.40. The van der Waals surface area contributed by atoms with Crippen molar-refractivity contribution in [3.8, 4) is 0 Å². The number of amides is 1. The van der Waals surface area contributed by atoms with Crippen molar-refractivity contribution in [3.63, 3.8) is 0 Å². The molecule has 0 bridgehead atoms. The fourth-order valence-electron chi connectivity index (χ4n) is 2.37. The van der Waals surface area contributed by atoms with Gasteiger partial charge in [-0.25, -0.2) is 4.98 Å². The Bertz CT molecular complexity index is 422. The topological polar surface area (TPSA) is 67.4 Å². The highest BCUT2D eigenvalue weighted by Crippen LogP contribution is 2.09. The number of hydrogen-bond acceptors (Lipinski definition) is 4. The van der Waals surface area contributed by atoms with Crippen molar-refractivity contribution in [3.05, 3.63) is 18.2 Å². The molecule has 1 unspecified atom stereocenters. The zero-order valence-corrected chi connectivity index (χ0v) is 11.7.